The summed E-state index contributed by atoms with van der Waals surface area (Å²) in [6, 6.07) is 7.04. The van der Waals surface area contributed by atoms with E-state index in [1.54, 1.807) is 0 Å². The molecule has 1 saturated carbocycles. The molecule has 1 nitrogen and oxygen atoms in total. The molecule has 100 valence electrons. The number of hydrogen-bond donors (Lipinski definition) is 1. The number of nitrogens with one attached hydrogen (secondary N) is 1. The molecule has 0 atom stereocenters. The molecule has 0 bridgehead atoms. The molecular formula is C15H22ClNS. The summed E-state index contributed by atoms with van der Waals surface area (Å²) >= 11 is 8.06. The highest BCUT2D eigenvalue weighted by atomic mass is 35.5. The Morgan fingerprint density at radius 2 is 2.17 bits per heavy atom. The molecule has 1 aliphatic rings. The van der Waals surface area contributed by atoms with Crippen molar-refractivity contribution in [1.29, 1.82) is 0 Å². The molecule has 0 amide bonds. The molecule has 0 radical (unpaired) electrons. The first-order chi connectivity index (χ1) is 8.79. The summed E-state index contributed by atoms with van der Waals surface area (Å²) in [4.78, 5) is 1.39. The maximum Gasteiger partial charge on any atom is 0.0410 e. The molecule has 0 spiro atoms. The smallest absolute Gasteiger partial charge is 0.0410 e. The summed E-state index contributed by atoms with van der Waals surface area (Å²) in [6.45, 7) is 3.21. The molecule has 0 saturated heterocycles. The minimum atomic E-state index is 0.752. The Labute approximate surface area is 120 Å². The van der Waals surface area contributed by atoms with Gasteiger partial charge in [0.05, 0.1) is 0 Å². The second-order valence-corrected chi connectivity index (χ2v) is 6.54. The van der Waals surface area contributed by atoms with Crippen molar-refractivity contribution < 1.29 is 0 Å². The number of unbranched alkanes of at least 4 members (excludes halogenated alkanes) is 2. The molecule has 1 aliphatic carbocycles. The molecule has 2 rings (SSSR count). The summed E-state index contributed by atoms with van der Waals surface area (Å²) in [5.74, 6) is 1.21. The molecule has 1 fully saturated rings. The largest absolute Gasteiger partial charge is 0.310 e. The second kappa shape index (κ2) is 7.42. The van der Waals surface area contributed by atoms with E-state index in [4.69, 9.17) is 11.6 Å². The van der Waals surface area contributed by atoms with Crippen LogP contribution in [0.1, 0.15) is 44.6 Å². The summed E-state index contributed by atoms with van der Waals surface area (Å²) in [6.07, 6.45) is 6.59. The van der Waals surface area contributed by atoms with Gasteiger partial charge in [0.25, 0.3) is 0 Å². The molecule has 0 heterocycles. The van der Waals surface area contributed by atoms with E-state index in [0.717, 1.165) is 17.6 Å². The second-order valence-electron chi connectivity index (χ2n) is 4.96. The molecule has 1 aromatic rings. The van der Waals surface area contributed by atoms with Crippen LogP contribution in [0.3, 0.4) is 0 Å². The van der Waals surface area contributed by atoms with Gasteiger partial charge in [-0.25, -0.2) is 0 Å². The van der Waals surface area contributed by atoms with E-state index in [1.807, 2.05) is 17.8 Å². The van der Waals surface area contributed by atoms with E-state index in [2.05, 4.69) is 24.4 Å². The predicted molar refractivity (Wildman–Crippen MR) is 81.6 cm³/mol. The summed E-state index contributed by atoms with van der Waals surface area (Å²) in [7, 11) is 0. The number of halogens is 1. The molecule has 18 heavy (non-hydrogen) atoms. The third-order valence-corrected chi connectivity index (χ3v) is 4.62. The number of thioether (sulfide) groups is 1. The first kappa shape index (κ1) is 14.2. The maximum absolute atomic E-state index is 6.09. The summed E-state index contributed by atoms with van der Waals surface area (Å²) < 4.78 is 0. The van der Waals surface area contributed by atoms with Crippen molar-refractivity contribution in [1.82, 2.24) is 5.32 Å². The quantitative estimate of drug-likeness (QED) is 0.539. The van der Waals surface area contributed by atoms with Crippen LogP contribution >= 0.6 is 23.4 Å². The first-order valence-corrected chi connectivity index (χ1v) is 8.30. The van der Waals surface area contributed by atoms with Crippen molar-refractivity contribution in [2.45, 2.75) is 56.5 Å². The number of benzene rings is 1. The average molecular weight is 284 g/mol. The van der Waals surface area contributed by atoms with Gasteiger partial charge >= 0.3 is 0 Å². The SMILES string of the molecule is CCCCCSc1ccc(Cl)cc1CNC1CC1. The van der Waals surface area contributed by atoms with Gasteiger partial charge in [-0.3, -0.25) is 0 Å². The minimum Gasteiger partial charge on any atom is -0.310 e. The third-order valence-electron chi connectivity index (χ3n) is 3.19. The lowest BCUT2D eigenvalue weighted by molar-refractivity contribution is 0.680. The normalized spacial score (nSPS) is 15.0. The van der Waals surface area contributed by atoms with Crippen LogP contribution in [-0.2, 0) is 6.54 Å². The summed E-state index contributed by atoms with van der Waals surface area (Å²) in [5, 5.41) is 4.42. The predicted octanol–water partition coefficient (Wildman–Crippen LogP) is 4.87. The van der Waals surface area contributed by atoms with Crippen molar-refractivity contribution in [2.75, 3.05) is 5.75 Å². The van der Waals surface area contributed by atoms with Gasteiger partial charge in [0.1, 0.15) is 0 Å². The topological polar surface area (TPSA) is 12.0 Å². The van der Waals surface area contributed by atoms with Crippen LogP contribution in [0.4, 0.5) is 0 Å². The Kier molecular flexibility index (Phi) is 5.87. The van der Waals surface area contributed by atoms with Crippen molar-refractivity contribution in [3.8, 4) is 0 Å². The van der Waals surface area contributed by atoms with E-state index in [9.17, 15) is 0 Å². The lowest BCUT2D eigenvalue weighted by atomic mass is 10.2. The van der Waals surface area contributed by atoms with Crippen molar-refractivity contribution in [3.05, 3.63) is 28.8 Å². The molecule has 3 heteroatoms. The zero-order valence-corrected chi connectivity index (χ0v) is 12.6. The zero-order valence-electron chi connectivity index (χ0n) is 11.0. The van der Waals surface area contributed by atoms with Crippen molar-refractivity contribution >= 4 is 23.4 Å². The monoisotopic (exact) mass is 283 g/mol. The van der Waals surface area contributed by atoms with Gasteiger partial charge in [0, 0.05) is 22.5 Å². The average Bonchev–Trinajstić information content (AvgIpc) is 3.18. The van der Waals surface area contributed by atoms with Crippen LogP contribution < -0.4 is 5.32 Å². The van der Waals surface area contributed by atoms with E-state index in [-0.39, 0.29) is 0 Å². The summed E-state index contributed by atoms with van der Waals surface area (Å²) in [5.41, 5.74) is 1.36. The highest BCUT2D eigenvalue weighted by Crippen LogP contribution is 2.28. The van der Waals surface area contributed by atoms with E-state index in [0.29, 0.717) is 0 Å². The zero-order chi connectivity index (χ0) is 12.8. The Morgan fingerprint density at radius 3 is 2.89 bits per heavy atom. The minimum absolute atomic E-state index is 0.752. The van der Waals surface area contributed by atoms with Crippen LogP contribution in [0.25, 0.3) is 0 Å². The van der Waals surface area contributed by atoms with Crippen LogP contribution in [0.2, 0.25) is 5.02 Å². The van der Waals surface area contributed by atoms with Gasteiger partial charge in [0.15, 0.2) is 0 Å². The van der Waals surface area contributed by atoms with Gasteiger partial charge in [-0.2, -0.15) is 0 Å². The fraction of sp³-hybridized carbons (Fsp3) is 0.600. The molecule has 0 aromatic heterocycles. The lowest BCUT2D eigenvalue weighted by Gasteiger charge is -2.10. The van der Waals surface area contributed by atoms with E-state index >= 15 is 0 Å². The van der Waals surface area contributed by atoms with Crippen LogP contribution in [-0.4, -0.2) is 11.8 Å². The number of rotatable bonds is 8. The molecule has 0 aliphatic heterocycles. The molecule has 1 aromatic carbocycles. The highest BCUT2D eigenvalue weighted by molar-refractivity contribution is 7.99. The van der Waals surface area contributed by atoms with Gasteiger partial charge in [-0.15, -0.1) is 11.8 Å². The molecular weight excluding hydrogens is 262 g/mol. The van der Waals surface area contributed by atoms with Gasteiger partial charge < -0.3 is 5.32 Å². The maximum atomic E-state index is 6.09. The molecule has 0 unspecified atom stereocenters. The van der Waals surface area contributed by atoms with E-state index < -0.39 is 0 Å². The number of hydrogen-bond acceptors (Lipinski definition) is 2. The van der Waals surface area contributed by atoms with Crippen molar-refractivity contribution in [3.63, 3.8) is 0 Å². The van der Waals surface area contributed by atoms with Crippen LogP contribution in [0.15, 0.2) is 23.1 Å². The standard InChI is InChI=1S/C15H22ClNS/c1-2-3-4-9-18-15-8-5-13(16)10-12(15)11-17-14-6-7-14/h5,8,10,14,17H,2-4,6-7,9,11H2,1H3. The third kappa shape index (κ3) is 4.83. The van der Waals surface area contributed by atoms with Gasteiger partial charge in [-0.05, 0) is 48.8 Å². The van der Waals surface area contributed by atoms with Crippen molar-refractivity contribution in [2.24, 2.45) is 0 Å². The fourth-order valence-corrected chi connectivity index (χ4v) is 3.15. The highest BCUT2D eigenvalue weighted by Gasteiger charge is 2.20. The van der Waals surface area contributed by atoms with Gasteiger partial charge in [-0.1, -0.05) is 31.4 Å². The Morgan fingerprint density at radius 1 is 1.33 bits per heavy atom. The lowest BCUT2D eigenvalue weighted by Crippen LogP contribution is -2.15. The Balaban J connectivity index is 1.88. The van der Waals surface area contributed by atoms with Crippen LogP contribution in [0, 0.1) is 0 Å². The fourth-order valence-electron chi connectivity index (χ4n) is 1.90. The Hall–Kier alpha value is -0.180. The first-order valence-electron chi connectivity index (χ1n) is 6.94. The van der Waals surface area contributed by atoms with E-state index in [1.165, 1.54) is 48.3 Å². The van der Waals surface area contributed by atoms with Crippen LogP contribution in [0.5, 0.6) is 0 Å². The van der Waals surface area contributed by atoms with Gasteiger partial charge in [0.2, 0.25) is 0 Å². The molecule has 1 N–H and O–H groups in total. The Bertz CT molecular complexity index is 377.